The minimum Gasteiger partial charge on any atom is -0.309 e. The molecule has 0 radical (unpaired) electrons. The summed E-state index contributed by atoms with van der Waals surface area (Å²) in [4.78, 5) is 92.3. The van der Waals surface area contributed by atoms with Crippen LogP contribution in [0.25, 0.3) is 55.8 Å². The lowest BCUT2D eigenvalue weighted by Crippen LogP contribution is -2.21. The van der Waals surface area contributed by atoms with E-state index in [1.807, 2.05) is 84.9 Å². The van der Waals surface area contributed by atoms with Crippen LogP contribution in [0.5, 0.6) is 0 Å². The Morgan fingerprint density at radius 1 is 0.252 bits per heavy atom. The van der Waals surface area contributed by atoms with Crippen LogP contribution < -0.4 is 21.3 Å². The molecule has 13 aromatic rings. The maximum absolute atomic E-state index is 13.1. The van der Waals surface area contributed by atoms with Crippen LogP contribution in [0.1, 0.15) is 261 Å². The fraction of sp³-hybridized carbons (Fsp3) is 0.351. The van der Waals surface area contributed by atoms with Gasteiger partial charge in [-0.25, -0.2) is 39.9 Å². The molecule has 21 rings (SSSR count). The quantitative estimate of drug-likeness (QED) is 0.0594. The largest absolute Gasteiger partial charge is 0.309 e. The summed E-state index contributed by atoms with van der Waals surface area (Å²) in [6.45, 7) is 0. The van der Waals surface area contributed by atoms with Crippen molar-refractivity contribution in [1.29, 1.82) is 0 Å². The minimum atomic E-state index is -0.0298. The van der Waals surface area contributed by atoms with Gasteiger partial charge >= 0.3 is 0 Å². The first kappa shape index (κ1) is 85.2. The average molecular weight is 1680 g/mol. The standard InChI is InChI=1S/C30H29N3O.C28H31N3O.C27H29N3O.C26H27N3O/c34-27(19-20-14-15-21-8-4-5-12-24(21)18-20)32-30-28(23-10-2-1-3-11-23)33-29-25-13-7-6-9-22(25)16-17-26(29)31-30;32-25(17-9-12-20-10-3-1-4-11-20)30-28-26(22-14-5-2-6-15-22)31-27-23-16-8-7-13-21(23)18-19-24(27)29-28;31-24(18-15-19-9-3-1-4-10-19)29-27-25(21-12-5-2-6-13-21)30-26-22-14-8-7-11-20(22)16-17-23(26)28-27;30-23(17-18-9-3-1-4-10-18)28-26-24(20-12-5-2-6-13-20)29-25-21-14-8-7-11-19(21)15-16-22(25)27-26/h4-9,12-15,18,23H,1-3,10-11,16-17,19H2,(H,31,32,34);1,3-4,7-8,10-11,13,16,22H,2,5-6,9,12,14-15,17-19H2,(H,29,30,32);1,3-4,7-11,14,21H,2,5-6,12-13,15-18H2,(H,28,29,31);1,3-4,7-11,14,20H,2,5-6,12-13,15-17H2,(H,27,28,30). The zero-order valence-corrected chi connectivity index (χ0v) is 73.2. The molecule has 127 heavy (non-hydrogen) atoms. The number of aromatic nitrogens is 8. The van der Waals surface area contributed by atoms with Crippen LogP contribution in [0.3, 0.4) is 0 Å². The second kappa shape index (κ2) is 41.3. The number of hydrogen-bond donors (Lipinski definition) is 4. The fourth-order valence-corrected chi connectivity index (χ4v) is 20.4. The monoisotopic (exact) mass is 1680 g/mol. The van der Waals surface area contributed by atoms with Crippen molar-refractivity contribution in [3.63, 3.8) is 0 Å². The maximum atomic E-state index is 13.1. The summed E-state index contributed by atoms with van der Waals surface area (Å²) in [5.74, 6) is 4.27. The third-order valence-corrected chi connectivity index (χ3v) is 27.2. The van der Waals surface area contributed by atoms with E-state index < -0.39 is 0 Å². The van der Waals surface area contributed by atoms with Crippen LogP contribution in [-0.2, 0) is 96.2 Å². The van der Waals surface area contributed by atoms with Crippen molar-refractivity contribution < 1.29 is 19.2 Å². The van der Waals surface area contributed by atoms with Crippen molar-refractivity contribution in [2.45, 2.75) is 248 Å². The summed E-state index contributed by atoms with van der Waals surface area (Å²) < 4.78 is 0. The molecule has 4 N–H and O–H groups in total. The number of nitrogens with one attached hydrogen (secondary N) is 4. The first-order chi connectivity index (χ1) is 62.6. The van der Waals surface area contributed by atoms with Gasteiger partial charge < -0.3 is 21.3 Å². The lowest BCUT2D eigenvalue weighted by molar-refractivity contribution is -0.117. The van der Waals surface area contributed by atoms with E-state index in [2.05, 4.69) is 167 Å². The third-order valence-electron chi connectivity index (χ3n) is 27.2. The number of anilines is 4. The molecular formula is C111H116N12O4. The summed E-state index contributed by atoms with van der Waals surface area (Å²) >= 11 is 0. The first-order valence-electron chi connectivity index (χ1n) is 47.3. The molecule has 0 spiro atoms. The Morgan fingerprint density at radius 3 is 0.906 bits per heavy atom. The summed E-state index contributed by atoms with van der Waals surface area (Å²) in [5, 5.41) is 14.9. The van der Waals surface area contributed by atoms with Crippen molar-refractivity contribution in [2.75, 3.05) is 21.3 Å². The van der Waals surface area contributed by atoms with E-state index in [1.165, 1.54) is 138 Å². The molecule has 0 aliphatic heterocycles. The Bertz CT molecular complexity index is 6050. The molecule has 8 aliphatic carbocycles. The van der Waals surface area contributed by atoms with E-state index >= 15 is 0 Å². The lowest BCUT2D eigenvalue weighted by atomic mass is 9.85. The molecule has 4 aromatic heterocycles. The average Bonchev–Trinajstić information content (AvgIpc) is 0.784. The van der Waals surface area contributed by atoms with Gasteiger partial charge in [0.25, 0.3) is 0 Å². The van der Waals surface area contributed by atoms with Gasteiger partial charge in [0, 0.05) is 58.8 Å². The number of nitrogens with zero attached hydrogens (tertiary/aromatic N) is 8. The third kappa shape index (κ3) is 21.1. The molecule has 4 amide bonds. The summed E-state index contributed by atoms with van der Waals surface area (Å²) in [6, 6.07) is 79.0. The van der Waals surface area contributed by atoms with Crippen molar-refractivity contribution in [2.24, 2.45) is 0 Å². The van der Waals surface area contributed by atoms with Crippen LogP contribution in [-0.4, -0.2) is 63.5 Å². The highest BCUT2D eigenvalue weighted by Gasteiger charge is 2.33. The second-order valence-corrected chi connectivity index (χ2v) is 36.0. The normalized spacial score (nSPS) is 15.7. The van der Waals surface area contributed by atoms with Crippen LogP contribution >= 0.6 is 0 Å². The molecule has 0 unspecified atom stereocenters. The molecule has 4 saturated carbocycles. The zero-order chi connectivity index (χ0) is 86.0. The Balaban J connectivity index is 0.000000115. The smallest absolute Gasteiger partial charge is 0.229 e. The molecule has 16 heteroatoms. The maximum Gasteiger partial charge on any atom is 0.229 e. The highest BCUT2D eigenvalue weighted by molar-refractivity contribution is 5.95. The van der Waals surface area contributed by atoms with Gasteiger partial charge in [-0.15, -0.1) is 0 Å². The molecule has 8 aliphatic rings. The molecule has 4 fully saturated rings. The number of aryl methyl sites for hydroxylation is 10. The van der Waals surface area contributed by atoms with E-state index in [0.717, 1.165) is 207 Å². The highest BCUT2D eigenvalue weighted by atomic mass is 16.2. The van der Waals surface area contributed by atoms with Gasteiger partial charge in [0.1, 0.15) is 0 Å². The van der Waals surface area contributed by atoms with Gasteiger partial charge in [0.15, 0.2) is 23.3 Å². The predicted octanol–water partition coefficient (Wildman–Crippen LogP) is 24.2. The SMILES string of the molecule is O=C(CCCc1ccccc1)Nc1nc2c(nc1C1CCCCC1)-c1ccccc1CC2.O=C(CCc1ccccc1)Nc1nc2c(nc1C1CCCCC1)-c1ccccc1CC2.O=C(Cc1ccc2ccccc2c1)Nc1nc2c(nc1C1CCCCC1)-c1ccccc1CC2.O=C(Cc1ccccc1)Nc1nc2c(nc1C1CCCCC1)-c1ccccc1CC2. The van der Waals surface area contributed by atoms with E-state index in [4.69, 9.17) is 39.9 Å². The van der Waals surface area contributed by atoms with E-state index in [1.54, 1.807) is 0 Å². The second-order valence-electron chi connectivity index (χ2n) is 36.0. The summed E-state index contributed by atoms with van der Waals surface area (Å²) in [5.41, 5.74) is 26.7. The Labute approximate surface area is 747 Å². The lowest BCUT2D eigenvalue weighted by Gasteiger charge is -2.26. The number of rotatable bonds is 19. The van der Waals surface area contributed by atoms with Gasteiger partial charge in [-0.3, -0.25) is 19.2 Å². The van der Waals surface area contributed by atoms with Crippen LogP contribution in [0.15, 0.2) is 231 Å². The van der Waals surface area contributed by atoms with E-state index in [-0.39, 0.29) is 23.6 Å². The highest BCUT2D eigenvalue weighted by Crippen LogP contribution is 2.45. The number of fused-ring (bicyclic) bond motifs is 13. The predicted molar refractivity (Wildman–Crippen MR) is 509 cm³/mol. The van der Waals surface area contributed by atoms with E-state index in [0.29, 0.717) is 72.6 Å². The molecule has 9 aromatic carbocycles. The Hall–Kier alpha value is -12.6. The van der Waals surface area contributed by atoms with E-state index in [9.17, 15) is 19.2 Å². The molecule has 0 bridgehead atoms. The first-order valence-corrected chi connectivity index (χ1v) is 47.3. The van der Waals surface area contributed by atoms with Crippen molar-refractivity contribution in [1.82, 2.24) is 39.9 Å². The molecular weight excluding hydrogens is 1570 g/mol. The molecule has 644 valence electrons. The van der Waals surface area contributed by atoms with Crippen LogP contribution in [0.4, 0.5) is 23.3 Å². The topological polar surface area (TPSA) is 220 Å². The molecule has 4 heterocycles. The van der Waals surface area contributed by atoms with Crippen molar-refractivity contribution >= 4 is 57.7 Å². The zero-order valence-electron chi connectivity index (χ0n) is 73.2. The Morgan fingerprint density at radius 2 is 0.543 bits per heavy atom. The summed E-state index contributed by atoms with van der Waals surface area (Å²) in [7, 11) is 0. The van der Waals surface area contributed by atoms with Crippen LogP contribution in [0, 0.1) is 0 Å². The van der Waals surface area contributed by atoms with Crippen molar-refractivity contribution in [3.05, 3.63) is 321 Å². The number of carbonyl (C=O) groups is 4. The van der Waals surface area contributed by atoms with Gasteiger partial charge in [0.05, 0.1) is 81.2 Å². The van der Waals surface area contributed by atoms with Gasteiger partial charge in [-0.2, -0.15) is 0 Å². The molecule has 16 nitrogen and oxygen atoms in total. The fourth-order valence-electron chi connectivity index (χ4n) is 20.4. The van der Waals surface area contributed by atoms with Gasteiger partial charge in [-0.05, 0) is 177 Å². The van der Waals surface area contributed by atoms with Crippen molar-refractivity contribution in [3.8, 4) is 45.0 Å². The van der Waals surface area contributed by atoms with Crippen LogP contribution in [0.2, 0.25) is 0 Å². The molecule has 0 atom stereocenters. The van der Waals surface area contributed by atoms with Gasteiger partial charge in [-0.1, -0.05) is 308 Å². The molecule has 0 saturated heterocycles. The minimum absolute atomic E-state index is 0.0198. The number of benzene rings is 9. The van der Waals surface area contributed by atoms with Gasteiger partial charge in [0.2, 0.25) is 23.6 Å². The number of carbonyl (C=O) groups excluding carboxylic acids is 4. The Kier molecular flexibility index (Phi) is 27.7. The number of amides is 4. The summed E-state index contributed by atoms with van der Waals surface area (Å²) in [6.07, 6.45) is 35.4. The number of hydrogen-bond acceptors (Lipinski definition) is 12.